The van der Waals surface area contributed by atoms with Crippen molar-refractivity contribution in [2.75, 3.05) is 0 Å². The van der Waals surface area contributed by atoms with E-state index in [1.165, 1.54) is 28.5 Å². The van der Waals surface area contributed by atoms with Crippen molar-refractivity contribution in [2.24, 2.45) is 0 Å². The lowest BCUT2D eigenvalue weighted by Gasteiger charge is -2.15. The molecule has 0 atom stereocenters. The van der Waals surface area contributed by atoms with Crippen molar-refractivity contribution in [2.45, 2.75) is 13.0 Å². The maximum Gasteiger partial charge on any atom is 0.573 e. The maximum atomic E-state index is 12.4. The van der Waals surface area contributed by atoms with Gasteiger partial charge in [-0.05, 0) is 40.9 Å². The molecule has 0 unspecified atom stereocenters. The molecule has 0 aliphatic heterocycles. The Morgan fingerprint density at radius 3 is 2.64 bits per heavy atom. The molecule has 0 aliphatic rings. The summed E-state index contributed by atoms with van der Waals surface area (Å²) in [5, 5.41) is 3.80. The zero-order valence-corrected chi connectivity index (χ0v) is 13.2. The number of hydrogen-bond donors (Lipinski definition) is 1. The summed E-state index contributed by atoms with van der Waals surface area (Å²) < 4.78 is 47.1. The monoisotopic (exact) mass is 396 g/mol. The Kier molecular flexibility index (Phi) is 5.01. The van der Waals surface area contributed by atoms with Gasteiger partial charge in [0.25, 0.3) is 0 Å². The number of hydrogen-bond acceptors (Lipinski definition) is 5. The van der Waals surface area contributed by atoms with E-state index >= 15 is 0 Å². The zero-order chi connectivity index (χ0) is 16.3. The summed E-state index contributed by atoms with van der Waals surface area (Å²) in [6, 6.07) is 5.20. The van der Waals surface area contributed by atoms with Gasteiger partial charge in [0.05, 0.1) is 0 Å². The van der Waals surface area contributed by atoms with Crippen molar-refractivity contribution >= 4 is 33.4 Å². The number of nitrogens with zero attached hydrogens (tertiary/aromatic N) is 2. The van der Waals surface area contributed by atoms with E-state index in [-0.39, 0.29) is 23.6 Å². The second-order valence-corrected chi connectivity index (χ2v) is 5.10. The molecule has 1 aromatic carbocycles. The molecule has 0 aliphatic carbocycles. The van der Waals surface area contributed by atoms with Gasteiger partial charge in [0.2, 0.25) is 10.6 Å². The molecule has 10 heteroatoms. The van der Waals surface area contributed by atoms with Gasteiger partial charge in [-0.2, -0.15) is 0 Å². The van der Waals surface area contributed by atoms with Crippen LogP contribution in [0.1, 0.15) is 15.9 Å². The van der Waals surface area contributed by atoms with E-state index in [1.54, 1.807) is 0 Å². The fourth-order valence-corrected chi connectivity index (χ4v) is 2.17. The molecular formula is C12H8BrF3N2O3S. The Bertz CT molecular complexity index is 690. The Morgan fingerprint density at radius 2 is 2.09 bits per heavy atom. The fourth-order valence-electron chi connectivity index (χ4n) is 1.64. The number of carbonyl (C=O) groups is 1. The smallest absolute Gasteiger partial charge is 0.472 e. The molecule has 118 valence electrons. The summed E-state index contributed by atoms with van der Waals surface area (Å²) in [6.07, 6.45) is -3.40. The van der Waals surface area contributed by atoms with Crippen LogP contribution in [0.2, 0.25) is 0 Å². The highest BCUT2D eigenvalue weighted by atomic mass is 79.9. The number of carbonyl (C=O) groups excluding carboxylic acids is 1. The zero-order valence-electron chi connectivity index (χ0n) is 10.7. The average Bonchev–Trinajstić information content (AvgIpc) is 2.81. The topological polar surface area (TPSA) is 53.4 Å². The second kappa shape index (κ2) is 6.61. The summed E-state index contributed by atoms with van der Waals surface area (Å²) in [7, 11) is 0. The number of aromatic nitrogens is 2. The summed E-state index contributed by atoms with van der Waals surface area (Å²) in [5.74, 6) is -0.368. The lowest BCUT2D eigenvalue weighted by atomic mass is 10.1. The van der Waals surface area contributed by atoms with Crippen LogP contribution in [0.5, 0.6) is 11.6 Å². The van der Waals surface area contributed by atoms with Crippen molar-refractivity contribution in [1.82, 2.24) is 9.19 Å². The Hall–Kier alpha value is -1.68. The van der Waals surface area contributed by atoms with Crippen molar-refractivity contribution < 1.29 is 27.4 Å². The van der Waals surface area contributed by atoms with E-state index in [2.05, 4.69) is 38.6 Å². The number of ether oxygens (including phenoxy) is 2. The van der Waals surface area contributed by atoms with Crippen molar-refractivity contribution in [3.8, 4) is 11.6 Å². The molecule has 0 spiro atoms. The van der Waals surface area contributed by atoms with E-state index in [0.717, 1.165) is 6.07 Å². The first-order valence-corrected chi connectivity index (χ1v) is 6.91. The Balaban J connectivity index is 2.30. The molecule has 0 radical (unpaired) electrons. The maximum absolute atomic E-state index is 12.4. The quantitative estimate of drug-likeness (QED) is 0.619. The van der Waals surface area contributed by atoms with E-state index < -0.39 is 16.8 Å². The van der Waals surface area contributed by atoms with Crippen LogP contribution in [-0.2, 0) is 6.61 Å². The number of alkyl halides is 3. The number of thiol groups is 1. The van der Waals surface area contributed by atoms with Gasteiger partial charge >= 0.3 is 6.36 Å². The Morgan fingerprint density at radius 1 is 1.36 bits per heavy atom. The van der Waals surface area contributed by atoms with Crippen molar-refractivity contribution in [1.29, 1.82) is 0 Å². The number of halogens is 4. The van der Waals surface area contributed by atoms with Crippen LogP contribution in [0.25, 0.3) is 0 Å². The van der Waals surface area contributed by atoms with Gasteiger partial charge in [-0.25, -0.2) is 4.09 Å². The van der Waals surface area contributed by atoms with Gasteiger partial charge in [-0.15, -0.1) is 18.3 Å². The van der Waals surface area contributed by atoms with Crippen LogP contribution in [-0.4, -0.2) is 20.2 Å². The summed E-state index contributed by atoms with van der Waals surface area (Å²) in [5.41, 5.74) is -0.0394. The van der Waals surface area contributed by atoms with Gasteiger partial charge in [-0.1, -0.05) is 6.07 Å². The second-order valence-electron chi connectivity index (χ2n) is 3.97. The van der Waals surface area contributed by atoms with E-state index in [4.69, 9.17) is 4.74 Å². The summed E-state index contributed by atoms with van der Waals surface area (Å²) in [6.45, 7) is -0.330. The predicted octanol–water partition coefficient (Wildman–Crippen LogP) is 3.59. The first-order valence-electron chi connectivity index (χ1n) is 5.71. The average molecular weight is 397 g/mol. The molecule has 2 rings (SSSR count). The molecule has 0 fully saturated rings. The third-order valence-electron chi connectivity index (χ3n) is 2.49. The number of benzene rings is 1. The highest BCUT2D eigenvalue weighted by Gasteiger charge is 2.33. The van der Waals surface area contributed by atoms with E-state index in [1.807, 2.05) is 0 Å². The Labute approximate surface area is 136 Å². The van der Waals surface area contributed by atoms with Crippen LogP contribution in [0, 0.1) is 0 Å². The van der Waals surface area contributed by atoms with Crippen molar-refractivity contribution in [3.05, 3.63) is 41.6 Å². The van der Waals surface area contributed by atoms with E-state index in [0.29, 0.717) is 0 Å². The molecule has 0 saturated heterocycles. The highest BCUT2D eigenvalue weighted by molar-refractivity contribution is 9.18. The number of rotatable bonds is 5. The van der Waals surface area contributed by atoms with Gasteiger partial charge in [0.15, 0.2) is 0 Å². The van der Waals surface area contributed by atoms with Crippen LogP contribution >= 0.6 is 28.7 Å². The molecule has 1 heterocycles. The normalized spacial score (nSPS) is 11.3. The van der Waals surface area contributed by atoms with Crippen LogP contribution in [0.15, 0.2) is 30.5 Å². The molecule has 5 nitrogen and oxygen atoms in total. The summed E-state index contributed by atoms with van der Waals surface area (Å²) in [4.78, 5) is 11.5. The van der Waals surface area contributed by atoms with Gasteiger partial charge in [-0.3, -0.25) is 4.79 Å². The molecule has 0 amide bonds. The third kappa shape index (κ3) is 4.41. The molecular weight excluding hydrogens is 389 g/mol. The first kappa shape index (κ1) is 16.7. The van der Waals surface area contributed by atoms with Crippen LogP contribution in [0.3, 0.4) is 0 Å². The standard InChI is InChI=1S/C12H8BrF3N2O3S/c13-11(19)7-2-1-3-9(21-12(14,15)16)8(7)6-20-10-4-5-18(22)17-10/h1-5,22H,6H2. The van der Waals surface area contributed by atoms with Crippen LogP contribution in [0.4, 0.5) is 13.2 Å². The molecule has 0 N–H and O–H groups in total. The largest absolute Gasteiger partial charge is 0.573 e. The minimum atomic E-state index is -4.88. The minimum Gasteiger partial charge on any atom is -0.472 e. The van der Waals surface area contributed by atoms with Crippen LogP contribution < -0.4 is 9.47 Å². The molecule has 0 saturated carbocycles. The van der Waals surface area contributed by atoms with Gasteiger partial charge in [0, 0.05) is 23.4 Å². The van der Waals surface area contributed by atoms with Gasteiger partial charge < -0.3 is 9.47 Å². The lowest BCUT2D eigenvalue weighted by molar-refractivity contribution is -0.275. The predicted molar refractivity (Wildman–Crippen MR) is 77.3 cm³/mol. The van der Waals surface area contributed by atoms with Gasteiger partial charge in [0.1, 0.15) is 12.4 Å². The van der Waals surface area contributed by atoms with Crippen molar-refractivity contribution in [3.63, 3.8) is 0 Å². The SMILES string of the molecule is O=C(Br)c1cccc(OC(F)(F)F)c1COc1ccn(S)n1. The lowest BCUT2D eigenvalue weighted by Crippen LogP contribution is -2.19. The molecule has 2 aromatic rings. The summed E-state index contributed by atoms with van der Waals surface area (Å²) >= 11 is 6.62. The van der Waals surface area contributed by atoms with E-state index in [9.17, 15) is 18.0 Å². The first-order chi connectivity index (χ1) is 10.3. The highest BCUT2D eigenvalue weighted by Crippen LogP contribution is 2.30. The third-order valence-corrected chi connectivity index (χ3v) is 3.14. The minimum absolute atomic E-state index is 0.00653. The molecule has 22 heavy (non-hydrogen) atoms. The fraction of sp³-hybridized carbons (Fsp3) is 0.167. The molecule has 0 bridgehead atoms. The molecule has 1 aromatic heterocycles.